The van der Waals surface area contributed by atoms with Gasteiger partial charge in [-0.05, 0) is 62.4 Å². The van der Waals surface area contributed by atoms with E-state index in [1.165, 1.54) is 32.1 Å². The zero-order chi connectivity index (χ0) is 17.4. The molecule has 0 saturated heterocycles. The third-order valence-corrected chi connectivity index (χ3v) is 7.51. The van der Waals surface area contributed by atoms with Crippen LogP contribution >= 0.6 is 0 Å². The van der Waals surface area contributed by atoms with E-state index in [-0.39, 0.29) is 53.4 Å². The first-order chi connectivity index (χ1) is 12.1. The molecule has 0 heterocycles. The van der Waals surface area contributed by atoms with Gasteiger partial charge in [-0.2, -0.15) is 0 Å². The molecule has 3 nitrogen and oxygen atoms in total. The van der Waals surface area contributed by atoms with Gasteiger partial charge in [0.15, 0.2) is 5.78 Å². The fraction of sp³-hybridized carbons (Fsp3) is 0.773. The molecule has 3 heteroatoms. The molecule has 0 radical (unpaired) electrons. The molecule has 136 valence electrons. The predicted octanol–water partition coefficient (Wildman–Crippen LogP) is 4.29. The number of hydrogen-bond donors (Lipinski definition) is 0. The Hall–Kier alpha value is -1.25. The monoisotopic (exact) mass is 342 g/mol. The van der Waals surface area contributed by atoms with Crippen molar-refractivity contribution in [3.8, 4) is 0 Å². The fourth-order valence-electron chi connectivity index (χ4n) is 6.29. The molecule has 4 aliphatic rings. The zero-order valence-corrected chi connectivity index (χ0v) is 15.1. The maximum atomic E-state index is 12.9. The standard InChI is InChI=1S/C22H30O3/c23-19(12-9-14-5-2-1-3-6-14)15-10-11-18-21(25)13-20(24)17-8-4-7-16(15)22(17)18/h9,12,14-18,22H,1-8,10-11,13H2/b12-9+. The van der Waals surface area contributed by atoms with Crippen LogP contribution in [0.25, 0.3) is 0 Å². The van der Waals surface area contributed by atoms with E-state index in [2.05, 4.69) is 6.08 Å². The minimum Gasteiger partial charge on any atom is -0.299 e. The van der Waals surface area contributed by atoms with Crippen molar-refractivity contribution in [3.05, 3.63) is 12.2 Å². The van der Waals surface area contributed by atoms with Crippen molar-refractivity contribution in [3.63, 3.8) is 0 Å². The van der Waals surface area contributed by atoms with Gasteiger partial charge in [0.2, 0.25) is 0 Å². The van der Waals surface area contributed by atoms with E-state index >= 15 is 0 Å². The van der Waals surface area contributed by atoms with Gasteiger partial charge in [0, 0.05) is 17.8 Å². The van der Waals surface area contributed by atoms with E-state index in [9.17, 15) is 14.4 Å². The summed E-state index contributed by atoms with van der Waals surface area (Å²) < 4.78 is 0. The summed E-state index contributed by atoms with van der Waals surface area (Å²) in [5.41, 5.74) is 0. The van der Waals surface area contributed by atoms with Gasteiger partial charge in [0.1, 0.15) is 11.6 Å². The van der Waals surface area contributed by atoms with E-state index in [0.29, 0.717) is 5.92 Å². The Bertz CT molecular complexity index is 568. The molecule has 0 aromatic rings. The molecule has 4 rings (SSSR count). The van der Waals surface area contributed by atoms with Crippen LogP contribution < -0.4 is 0 Å². The van der Waals surface area contributed by atoms with Gasteiger partial charge in [-0.1, -0.05) is 31.8 Å². The van der Waals surface area contributed by atoms with Crippen molar-refractivity contribution in [1.82, 2.24) is 0 Å². The Labute approximate surface area is 150 Å². The summed E-state index contributed by atoms with van der Waals surface area (Å²) in [5.74, 6) is 1.72. The minimum atomic E-state index is 0.0441. The smallest absolute Gasteiger partial charge is 0.158 e. The third kappa shape index (κ3) is 3.27. The first-order valence-electron chi connectivity index (χ1n) is 10.4. The van der Waals surface area contributed by atoms with Crippen molar-refractivity contribution >= 4 is 17.3 Å². The summed E-state index contributed by atoms with van der Waals surface area (Å²) in [6.45, 7) is 0. The van der Waals surface area contributed by atoms with Crippen molar-refractivity contribution in [2.24, 2.45) is 35.5 Å². The molecular formula is C22H30O3. The maximum Gasteiger partial charge on any atom is 0.158 e. The van der Waals surface area contributed by atoms with Gasteiger partial charge in [0.05, 0.1) is 6.42 Å². The van der Waals surface area contributed by atoms with Gasteiger partial charge >= 0.3 is 0 Å². The Morgan fingerprint density at radius 2 is 1.52 bits per heavy atom. The van der Waals surface area contributed by atoms with E-state index in [4.69, 9.17) is 0 Å². The van der Waals surface area contributed by atoms with E-state index in [0.717, 1.165) is 32.1 Å². The third-order valence-electron chi connectivity index (χ3n) is 7.51. The molecule has 5 unspecified atom stereocenters. The lowest BCUT2D eigenvalue weighted by Gasteiger charge is -2.50. The normalized spacial score (nSPS) is 39.4. The minimum absolute atomic E-state index is 0.0441. The molecule has 25 heavy (non-hydrogen) atoms. The molecule has 0 aliphatic heterocycles. The van der Waals surface area contributed by atoms with Crippen LogP contribution in [0.4, 0.5) is 0 Å². The lowest BCUT2D eigenvalue weighted by atomic mass is 9.52. The van der Waals surface area contributed by atoms with Crippen LogP contribution in [0.1, 0.15) is 70.6 Å². The molecule has 0 amide bonds. The molecule has 0 aromatic heterocycles. The van der Waals surface area contributed by atoms with Gasteiger partial charge in [0.25, 0.3) is 0 Å². The molecule has 0 bridgehead atoms. The summed E-state index contributed by atoms with van der Waals surface area (Å²) in [6.07, 6.45) is 15.1. The molecular weight excluding hydrogens is 312 g/mol. The van der Waals surface area contributed by atoms with Crippen LogP contribution in [0.3, 0.4) is 0 Å². The lowest BCUT2D eigenvalue weighted by molar-refractivity contribution is -0.150. The second-order valence-corrected chi connectivity index (χ2v) is 8.84. The number of allylic oxidation sites excluding steroid dienone is 2. The second kappa shape index (κ2) is 7.17. The Kier molecular flexibility index (Phi) is 4.92. The van der Waals surface area contributed by atoms with Crippen LogP contribution in [0, 0.1) is 35.5 Å². The summed E-state index contributed by atoms with van der Waals surface area (Å²) in [7, 11) is 0. The highest BCUT2D eigenvalue weighted by molar-refractivity contribution is 6.04. The molecule has 4 aliphatic carbocycles. The molecule has 0 N–H and O–H groups in total. The van der Waals surface area contributed by atoms with Crippen LogP contribution in [0.2, 0.25) is 0 Å². The molecule has 0 aromatic carbocycles. The lowest BCUT2D eigenvalue weighted by Crippen LogP contribution is -2.52. The summed E-state index contributed by atoms with van der Waals surface area (Å²) in [5, 5.41) is 0. The predicted molar refractivity (Wildman–Crippen MR) is 95.9 cm³/mol. The van der Waals surface area contributed by atoms with Crippen molar-refractivity contribution in [1.29, 1.82) is 0 Å². The first-order valence-corrected chi connectivity index (χ1v) is 10.4. The molecule has 4 saturated carbocycles. The SMILES string of the molecule is O=C(/C=C/C1CCCCC1)C1CCC2C(=O)CC(=O)C3CCCC1C32. The average molecular weight is 342 g/mol. The summed E-state index contributed by atoms with van der Waals surface area (Å²) >= 11 is 0. The topological polar surface area (TPSA) is 51.2 Å². The van der Waals surface area contributed by atoms with Gasteiger partial charge in [-0.25, -0.2) is 0 Å². The molecule has 0 spiro atoms. The number of ketones is 3. The molecule has 5 atom stereocenters. The number of carbonyl (C=O) groups is 3. The zero-order valence-electron chi connectivity index (χ0n) is 15.1. The van der Waals surface area contributed by atoms with Gasteiger partial charge in [-0.15, -0.1) is 0 Å². The van der Waals surface area contributed by atoms with Crippen LogP contribution in [0.15, 0.2) is 12.2 Å². The number of rotatable bonds is 3. The van der Waals surface area contributed by atoms with E-state index in [1.54, 1.807) is 0 Å². The highest BCUT2D eigenvalue weighted by atomic mass is 16.2. The number of carbonyl (C=O) groups excluding carboxylic acids is 3. The van der Waals surface area contributed by atoms with Crippen LogP contribution in [-0.4, -0.2) is 17.3 Å². The van der Waals surface area contributed by atoms with Crippen LogP contribution in [0.5, 0.6) is 0 Å². The summed E-state index contributed by atoms with van der Waals surface area (Å²) in [4.78, 5) is 37.6. The largest absolute Gasteiger partial charge is 0.299 e. The van der Waals surface area contributed by atoms with Gasteiger partial charge in [-0.3, -0.25) is 14.4 Å². The van der Waals surface area contributed by atoms with Crippen molar-refractivity contribution in [2.75, 3.05) is 0 Å². The second-order valence-electron chi connectivity index (χ2n) is 8.84. The fourth-order valence-corrected chi connectivity index (χ4v) is 6.29. The first kappa shape index (κ1) is 17.2. The Morgan fingerprint density at radius 1 is 0.800 bits per heavy atom. The van der Waals surface area contributed by atoms with Crippen molar-refractivity contribution < 1.29 is 14.4 Å². The summed E-state index contributed by atoms with van der Waals surface area (Å²) in [6, 6.07) is 0. The maximum absolute atomic E-state index is 12.9. The highest BCUT2D eigenvalue weighted by Crippen LogP contribution is 2.52. The van der Waals surface area contributed by atoms with Crippen molar-refractivity contribution in [2.45, 2.75) is 70.6 Å². The average Bonchev–Trinajstić information content (AvgIpc) is 2.64. The number of Topliss-reactive ketones (excluding diaryl/α,β-unsaturated/α-hetero) is 2. The molecule has 4 fully saturated rings. The Morgan fingerprint density at radius 3 is 2.28 bits per heavy atom. The number of hydrogen-bond acceptors (Lipinski definition) is 3. The Balaban J connectivity index is 1.49. The van der Waals surface area contributed by atoms with Crippen LogP contribution in [-0.2, 0) is 14.4 Å². The van der Waals surface area contributed by atoms with E-state index < -0.39 is 0 Å². The van der Waals surface area contributed by atoms with E-state index in [1.807, 2.05) is 6.08 Å². The van der Waals surface area contributed by atoms with Gasteiger partial charge < -0.3 is 0 Å². The highest BCUT2D eigenvalue weighted by Gasteiger charge is 2.53. The quantitative estimate of drug-likeness (QED) is 0.568.